The molecule has 2 N–H and O–H groups in total. The number of carbonyl (C=O) groups is 1. The maximum atomic E-state index is 11.5. The summed E-state index contributed by atoms with van der Waals surface area (Å²) in [5, 5.41) is 13.4. The van der Waals surface area contributed by atoms with E-state index in [4.69, 9.17) is 4.42 Å². The molecule has 1 fully saturated rings. The van der Waals surface area contributed by atoms with E-state index in [2.05, 4.69) is 5.32 Å². The minimum absolute atomic E-state index is 0.289. The Bertz CT molecular complexity index is 631. The molecule has 1 aliphatic rings. The lowest BCUT2D eigenvalue weighted by Gasteiger charge is -2.21. The van der Waals surface area contributed by atoms with Crippen molar-refractivity contribution in [3.63, 3.8) is 0 Å². The molecule has 2 heterocycles. The molecule has 1 saturated heterocycles. The summed E-state index contributed by atoms with van der Waals surface area (Å²) >= 11 is 2.01. The van der Waals surface area contributed by atoms with Crippen molar-refractivity contribution in [2.24, 2.45) is 5.92 Å². The van der Waals surface area contributed by atoms with Crippen molar-refractivity contribution < 1.29 is 14.3 Å². The summed E-state index contributed by atoms with van der Waals surface area (Å²) in [5.74, 6) is 2.76. The summed E-state index contributed by atoms with van der Waals surface area (Å²) in [4.78, 5) is 11.5. The quantitative estimate of drug-likeness (QED) is 0.887. The van der Waals surface area contributed by atoms with E-state index in [0.29, 0.717) is 29.2 Å². The van der Waals surface area contributed by atoms with Crippen molar-refractivity contribution in [2.45, 2.75) is 19.4 Å². The molecule has 0 unspecified atom stereocenters. The highest BCUT2D eigenvalue weighted by Crippen LogP contribution is 2.26. The van der Waals surface area contributed by atoms with Crippen LogP contribution in [0.5, 0.6) is 0 Å². The molecule has 0 amide bonds. The molecule has 112 valence electrons. The molecule has 1 aliphatic heterocycles. The van der Waals surface area contributed by atoms with Gasteiger partial charge in [-0.05, 0) is 42.9 Å². The van der Waals surface area contributed by atoms with Gasteiger partial charge >= 0.3 is 5.97 Å². The van der Waals surface area contributed by atoms with Gasteiger partial charge in [0, 0.05) is 5.39 Å². The van der Waals surface area contributed by atoms with E-state index in [0.717, 1.165) is 6.54 Å². The molecule has 0 spiro atoms. The van der Waals surface area contributed by atoms with Crippen molar-refractivity contribution in [3.05, 3.63) is 35.6 Å². The van der Waals surface area contributed by atoms with Gasteiger partial charge in [-0.15, -0.1) is 0 Å². The van der Waals surface area contributed by atoms with Crippen molar-refractivity contribution in [2.75, 3.05) is 18.1 Å². The number of benzene rings is 1. The first-order chi connectivity index (χ1) is 10.3. The van der Waals surface area contributed by atoms with Crippen molar-refractivity contribution in [3.8, 4) is 0 Å². The van der Waals surface area contributed by atoms with Gasteiger partial charge < -0.3 is 14.8 Å². The highest BCUT2D eigenvalue weighted by molar-refractivity contribution is 7.99. The summed E-state index contributed by atoms with van der Waals surface area (Å²) in [6.45, 7) is 1.40. The third kappa shape index (κ3) is 3.24. The van der Waals surface area contributed by atoms with E-state index in [-0.39, 0.29) is 5.56 Å². The van der Waals surface area contributed by atoms with E-state index >= 15 is 0 Å². The van der Waals surface area contributed by atoms with E-state index in [1.54, 1.807) is 6.07 Å². The van der Waals surface area contributed by atoms with Gasteiger partial charge in [0.1, 0.15) is 16.9 Å². The molecule has 1 aromatic carbocycles. The number of para-hydroxylation sites is 1. The molecule has 3 rings (SSSR count). The van der Waals surface area contributed by atoms with Crippen LogP contribution < -0.4 is 5.32 Å². The van der Waals surface area contributed by atoms with Gasteiger partial charge in [-0.25, -0.2) is 4.79 Å². The molecule has 0 bridgehead atoms. The highest BCUT2D eigenvalue weighted by atomic mass is 32.2. The summed E-state index contributed by atoms with van der Waals surface area (Å²) < 4.78 is 5.70. The van der Waals surface area contributed by atoms with Crippen LogP contribution in [0, 0.1) is 5.92 Å². The average Bonchev–Trinajstić information content (AvgIpc) is 2.86. The molecule has 21 heavy (non-hydrogen) atoms. The molecule has 4 nitrogen and oxygen atoms in total. The zero-order valence-corrected chi connectivity index (χ0v) is 12.6. The Hall–Kier alpha value is -1.46. The van der Waals surface area contributed by atoms with Gasteiger partial charge in [-0.3, -0.25) is 0 Å². The van der Waals surface area contributed by atoms with Gasteiger partial charge in [-0.2, -0.15) is 11.8 Å². The zero-order chi connectivity index (χ0) is 14.7. The minimum Gasteiger partial charge on any atom is -0.478 e. The molecule has 1 aromatic heterocycles. The van der Waals surface area contributed by atoms with E-state index in [9.17, 15) is 9.90 Å². The summed E-state index contributed by atoms with van der Waals surface area (Å²) in [6.07, 6.45) is 2.48. The molecule has 0 saturated carbocycles. The third-order valence-corrected chi connectivity index (χ3v) is 4.99. The number of hydrogen-bond donors (Lipinski definition) is 2. The van der Waals surface area contributed by atoms with E-state index < -0.39 is 5.97 Å². The number of carboxylic acids is 1. The largest absolute Gasteiger partial charge is 0.478 e. The minimum atomic E-state index is -0.925. The number of thioether (sulfide) groups is 1. The molecular weight excluding hydrogens is 286 g/mol. The first kappa shape index (κ1) is 14.5. The monoisotopic (exact) mass is 305 g/mol. The highest BCUT2D eigenvalue weighted by Gasteiger charge is 2.20. The fourth-order valence-electron chi connectivity index (χ4n) is 2.80. The van der Waals surface area contributed by atoms with Crippen molar-refractivity contribution in [1.82, 2.24) is 5.32 Å². The summed E-state index contributed by atoms with van der Waals surface area (Å²) in [6, 6.07) is 7.29. The van der Waals surface area contributed by atoms with E-state index in [1.807, 2.05) is 30.0 Å². The number of furan rings is 1. The lowest BCUT2D eigenvalue weighted by molar-refractivity contribution is 0.0696. The second kappa shape index (κ2) is 6.54. The summed E-state index contributed by atoms with van der Waals surface area (Å²) in [5.41, 5.74) is 0.929. The lowest BCUT2D eigenvalue weighted by Crippen LogP contribution is -2.25. The Morgan fingerprint density at radius 2 is 2.10 bits per heavy atom. The summed E-state index contributed by atoms with van der Waals surface area (Å²) in [7, 11) is 0. The number of fused-ring (bicyclic) bond motifs is 1. The van der Waals surface area contributed by atoms with Crippen LogP contribution in [0.2, 0.25) is 0 Å². The third-order valence-electron chi connectivity index (χ3n) is 3.94. The molecular formula is C16H19NO3S. The second-order valence-corrected chi connectivity index (χ2v) is 6.61. The van der Waals surface area contributed by atoms with Crippen LogP contribution in [0.4, 0.5) is 0 Å². The SMILES string of the molecule is O=C(O)c1c(CNCC2CCSCC2)oc2ccccc12. The maximum Gasteiger partial charge on any atom is 0.339 e. The number of carboxylic acid groups (broad SMARTS) is 1. The number of rotatable bonds is 5. The first-order valence-electron chi connectivity index (χ1n) is 7.28. The van der Waals surface area contributed by atoms with Crippen LogP contribution in [0.1, 0.15) is 29.0 Å². The van der Waals surface area contributed by atoms with Crippen LogP contribution in [-0.2, 0) is 6.54 Å². The normalized spacial score (nSPS) is 16.4. The van der Waals surface area contributed by atoms with Gasteiger partial charge in [0.2, 0.25) is 0 Å². The predicted octanol–water partition coefficient (Wildman–Crippen LogP) is 3.36. The standard InChI is InChI=1S/C16H19NO3S/c18-16(19)15-12-3-1-2-4-13(12)20-14(15)10-17-9-11-5-7-21-8-6-11/h1-4,11,17H,5-10H2,(H,18,19). The average molecular weight is 305 g/mol. The lowest BCUT2D eigenvalue weighted by atomic mass is 10.0. The fraction of sp³-hybridized carbons (Fsp3) is 0.438. The number of nitrogens with one attached hydrogen (secondary N) is 1. The number of hydrogen-bond acceptors (Lipinski definition) is 4. The second-order valence-electron chi connectivity index (χ2n) is 5.39. The van der Waals surface area contributed by atoms with Crippen molar-refractivity contribution in [1.29, 1.82) is 0 Å². The first-order valence-corrected chi connectivity index (χ1v) is 8.43. The molecule has 0 aliphatic carbocycles. The number of aromatic carboxylic acids is 1. The Kier molecular flexibility index (Phi) is 4.51. The van der Waals surface area contributed by atoms with Crippen LogP contribution in [-0.4, -0.2) is 29.1 Å². The Balaban J connectivity index is 1.71. The maximum absolute atomic E-state index is 11.5. The molecule has 5 heteroatoms. The Labute approximate surface area is 127 Å². The van der Waals surface area contributed by atoms with Crippen LogP contribution in [0.15, 0.2) is 28.7 Å². The fourth-order valence-corrected chi connectivity index (χ4v) is 4.00. The van der Waals surface area contributed by atoms with Gasteiger partial charge in [-0.1, -0.05) is 18.2 Å². The molecule has 2 aromatic rings. The molecule has 0 atom stereocenters. The predicted molar refractivity (Wildman–Crippen MR) is 84.9 cm³/mol. The van der Waals surface area contributed by atoms with Gasteiger partial charge in [0.15, 0.2) is 0 Å². The van der Waals surface area contributed by atoms with E-state index in [1.165, 1.54) is 24.3 Å². The van der Waals surface area contributed by atoms with Crippen LogP contribution in [0.3, 0.4) is 0 Å². The zero-order valence-electron chi connectivity index (χ0n) is 11.8. The van der Waals surface area contributed by atoms with Crippen LogP contribution in [0.25, 0.3) is 11.0 Å². The van der Waals surface area contributed by atoms with Crippen molar-refractivity contribution >= 4 is 28.7 Å². The van der Waals surface area contributed by atoms with Gasteiger partial charge in [0.25, 0.3) is 0 Å². The Morgan fingerprint density at radius 1 is 1.33 bits per heavy atom. The molecule has 0 radical (unpaired) electrons. The van der Waals surface area contributed by atoms with Crippen LogP contribution >= 0.6 is 11.8 Å². The Morgan fingerprint density at radius 3 is 2.86 bits per heavy atom. The smallest absolute Gasteiger partial charge is 0.339 e. The topological polar surface area (TPSA) is 62.5 Å². The van der Waals surface area contributed by atoms with Gasteiger partial charge in [0.05, 0.1) is 6.54 Å².